The van der Waals surface area contributed by atoms with Crippen molar-refractivity contribution in [3.8, 4) is 11.3 Å². The van der Waals surface area contributed by atoms with Crippen molar-refractivity contribution in [3.05, 3.63) is 71.9 Å². The van der Waals surface area contributed by atoms with Crippen molar-refractivity contribution in [1.82, 2.24) is 9.97 Å². The summed E-state index contributed by atoms with van der Waals surface area (Å²) >= 11 is 1.42. The molecule has 0 saturated heterocycles. The molecule has 0 saturated carbocycles. The zero-order valence-electron chi connectivity index (χ0n) is 15.7. The number of hydrogen-bond donors (Lipinski definition) is 2. The van der Waals surface area contributed by atoms with Gasteiger partial charge in [-0.05, 0) is 25.5 Å². The first-order valence-corrected chi connectivity index (χ1v) is 9.94. The number of hydrogen-bond acceptors (Lipinski definition) is 5. The number of aryl methyl sites for hydroxylation is 1. The molecule has 0 bridgehead atoms. The van der Waals surface area contributed by atoms with Gasteiger partial charge in [-0.1, -0.05) is 59.9 Å². The second kappa shape index (κ2) is 7.78. The second-order valence-corrected chi connectivity index (χ2v) is 7.44. The van der Waals surface area contributed by atoms with Crippen LogP contribution in [0.1, 0.15) is 22.8 Å². The summed E-state index contributed by atoms with van der Waals surface area (Å²) in [6, 6.07) is 17.7. The predicted molar refractivity (Wildman–Crippen MR) is 116 cm³/mol. The summed E-state index contributed by atoms with van der Waals surface area (Å²) in [5.74, 6) is -0.165. The molecule has 6 heteroatoms. The maximum Gasteiger partial charge on any atom is 0.257 e. The molecule has 2 aromatic heterocycles. The highest BCUT2D eigenvalue weighted by atomic mass is 32.1. The van der Waals surface area contributed by atoms with Gasteiger partial charge in [0.15, 0.2) is 5.13 Å². The first-order chi connectivity index (χ1) is 13.7. The van der Waals surface area contributed by atoms with Crippen molar-refractivity contribution in [3.63, 3.8) is 0 Å². The molecule has 0 aliphatic carbocycles. The summed E-state index contributed by atoms with van der Waals surface area (Å²) < 4.78 is 0. The SMILES string of the molecule is CCNc1ncc(NC(=O)c2cc(-c3ccccc3)nc3c(C)cccc23)s1. The number of nitrogens with zero attached hydrogens (tertiary/aromatic N) is 2. The molecule has 28 heavy (non-hydrogen) atoms. The topological polar surface area (TPSA) is 66.9 Å². The summed E-state index contributed by atoms with van der Waals surface area (Å²) in [6.45, 7) is 4.81. The van der Waals surface area contributed by atoms with Crippen LogP contribution in [0.25, 0.3) is 22.2 Å². The largest absolute Gasteiger partial charge is 0.362 e. The van der Waals surface area contributed by atoms with E-state index in [2.05, 4.69) is 15.6 Å². The number of nitrogens with one attached hydrogen (secondary N) is 2. The summed E-state index contributed by atoms with van der Waals surface area (Å²) in [4.78, 5) is 22.2. The number of pyridine rings is 1. The number of benzene rings is 2. The van der Waals surface area contributed by atoms with Crippen molar-refractivity contribution >= 4 is 38.3 Å². The van der Waals surface area contributed by atoms with Crippen LogP contribution in [0.5, 0.6) is 0 Å². The molecule has 2 aromatic carbocycles. The number of thiazole rings is 1. The van der Waals surface area contributed by atoms with Gasteiger partial charge in [0, 0.05) is 17.5 Å². The Morgan fingerprint density at radius 3 is 2.71 bits per heavy atom. The molecule has 1 amide bonds. The van der Waals surface area contributed by atoms with Crippen LogP contribution in [0.3, 0.4) is 0 Å². The number of fused-ring (bicyclic) bond motifs is 1. The van der Waals surface area contributed by atoms with Crippen LogP contribution in [-0.2, 0) is 0 Å². The quantitative estimate of drug-likeness (QED) is 0.484. The van der Waals surface area contributed by atoms with Gasteiger partial charge >= 0.3 is 0 Å². The minimum absolute atomic E-state index is 0.165. The molecule has 5 nitrogen and oxygen atoms in total. The van der Waals surface area contributed by atoms with Gasteiger partial charge in [0.05, 0.1) is 23.0 Å². The summed E-state index contributed by atoms with van der Waals surface area (Å²) in [5, 5.41) is 8.47. The molecular formula is C22H20N4OS. The van der Waals surface area contributed by atoms with E-state index in [0.717, 1.165) is 39.4 Å². The van der Waals surface area contributed by atoms with Gasteiger partial charge in [-0.15, -0.1) is 0 Å². The Morgan fingerprint density at radius 2 is 1.93 bits per heavy atom. The summed E-state index contributed by atoms with van der Waals surface area (Å²) in [6.07, 6.45) is 1.67. The summed E-state index contributed by atoms with van der Waals surface area (Å²) in [5.41, 5.74) is 4.24. The third-order valence-electron chi connectivity index (χ3n) is 4.43. The van der Waals surface area contributed by atoms with Gasteiger partial charge in [-0.25, -0.2) is 9.97 Å². The minimum atomic E-state index is -0.165. The van der Waals surface area contributed by atoms with E-state index in [1.165, 1.54) is 11.3 Å². The van der Waals surface area contributed by atoms with Crippen LogP contribution in [0.2, 0.25) is 0 Å². The maximum absolute atomic E-state index is 13.1. The molecule has 0 aliphatic heterocycles. The molecule has 0 unspecified atom stereocenters. The van der Waals surface area contributed by atoms with Crippen LogP contribution in [0.4, 0.5) is 10.1 Å². The van der Waals surface area contributed by atoms with E-state index >= 15 is 0 Å². The monoisotopic (exact) mass is 388 g/mol. The van der Waals surface area contributed by atoms with Gasteiger partial charge in [-0.2, -0.15) is 0 Å². The third kappa shape index (κ3) is 3.59. The van der Waals surface area contributed by atoms with Gasteiger partial charge in [0.1, 0.15) is 5.00 Å². The molecule has 0 aliphatic rings. The summed E-state index contributed by atoms with van der Waals surface area (Å²) in [7, 11) is 0. The lowest BCUT2D eigenvalue weighted by molar-refractivity contribution is 0.102. The van der Waals surface area contributed by atoms with Crippen molar-refractivity contribution in [2.45, 2.75) is 13.8 Å². The van der Waals surface area contributed by atoms with Crippen LogP contribution >= 0.6 is 11.3 Å². The van der Waals surface area contributed by atoms with Crippen molar-refractivity contribution < 1.29 is 4.79 Å². The molecule has 140 valence electrons. The maximum atomic E-state index is 13.1. The fraction of sp³-hybridized carbons (Fsp3) is 0.136. The van der Waals surface area contributed by atoms with Gasteiger partial charge in [0.2, 0.25) is 0 Å². The average molecular weight is 388 g/mol. The lowest BCUT2D eigenvalue weighted by atomic mass is 10.0. The number of para-hydroxylation sites is 1. The molecule has 0 radical (unpaired) electrons. The molecule has 0 spiro atoms. The van der Waals surface area contributed by atoms with E-state index in [1.807, 2.05) is 68.4 Å². The highest BCUT2D eigenvalue weighted by Crippen LogP contribution is 2.29. The number of carbonyl (C=O) groups excluding carboxylic acids is 1. The van der Waals surface area contributed by atoms with Crippen LogP contribution in [-0.4, -0.2) is 22.4 Å². The molecule has 4 aromatic rings. The number of carbonyl (C=O) groups is 1. The first kappa shape index (κ1) is 18.1. The molecule has 4 rings (SSSR count). The van der Waals surface area contributed by atoms with Gasteiger partial charge in [0.25, 0.3) is 5.91 Å². The first-order valence-electron chi connectivity index (χ1n) is 9.12. The van der Waals surface area contributed by atoms with Crippen molar-refractivity contribution in [2.75, 3.05) is 17.2 Å². The minimum Gasteiger partial charge on any atom is -0.362 e. The Kier molecular flexibility index (Phi) is 5.04. The molecule has 0 atom stereocenters. The van der Waals surface area contributed by atoms with Crippen LogP contribution in [0, 0.1) is 6.92 Å². The Morgan fingerprint density at radius 1 is 1.11 bits per heavy atom. The number of amides is 1. The molecule has 0 fully saturated rings. The van der Waals surface area contributed by atoms with Gasteiger partial charge < -0.3 is 10.6 Å². The predicted octanol–water partition coefficient (Wildman–Crippen LogP) is 5.35. The second-order valence-electron chi connectivity index (χ2n) is 6.41. The Labute approximate surface area is 167 Å². The van der Waals surface area contributed by atoms with Gasteiger partial charge in [-0.3, -0.25) is 4.79 Å². The third-order valence-corrected chi connectivity index (χ3v) is 5.30. The number of rotatable bonds is 5. The van der Waals surface area contributed by atoms with E-state index in [9.17, 15) is 4.79 Å². The van der Waals surface area contributed by atoms with Crippen molar-refractivity contribution in [2.24, 2.45) is 0 Å². The fourth-order valence-corrected chi connectivity index (χ4v) is 3.86. The zero-order chi connectivity index (χ0) is 19.5. The average Bonchev–Trinajstić information content (AvgIpc) is 3.15. The molecule has 2 heterocycles. The normalized spacial score (nSPS) is 10.8. The van der Waals surface area contributed by atoms with E-state index in [4.69, 9.17) is 4.98 Å². The fourth-order valence-electron chi connectivity index (χ4n) is 3.08. The lowest BCUT2D eigenvalue weighted by Crippen LogP contribution is -2.12. The van der Waals surface area contributed by atoms with Crippen molar-refractivity contribution in [1.29, 1.82) is 0 Å². The smallest absolute Gasteiger partial charge is 0.257 e. The highest BCUT2D eigenvalue weighted by molar-refractivity contribution is 7.19. The number of aromatic nitrogens is 2. The van der Waals surface area contributed by atoms with E-state index in [0.29, 0.717) is 10.6 Å². The molecular weight excluding hydrogens is 368 g/mol. The zero-order valence-corrected chi connectivity index (χ0v) is 16.5. The van der Waals surface area contributed by atoms with Crippen LogP contribution < -0.4 is 10.6 Å². The molecule has 2 N–H and O–H groups in total. The Balaban J connectivity index is 1.78. The highest BCUT2D eigenvalue weighted by Gasteiger charge is 2.16. The Bertz CT molecular complexity index is 1140. The number of anilines is 2. The van der Waals surface area contributed by atoms with E-state index in [1.54, 1.807) is 6.20 Å². The Hall–Kier alpha value is -3.25. The van der Waals surface area contributed by atoms with E-state index in [-0.39, 0.29) is 5.91 Å². The lowest BCUT2D eigenvalue weighted by Gasteiger charge is -2.11. The standard InChI is InChI=1S/C22H20N4OS/c1-3-23-22-24-13-19(28-22)26-21(27)17-12-18(15-9-5-4-6-10-15)25-20-14(2)8-7-11-16(17)20/h4-13H,3H2,1-2H3,(H,23,24)(H,26,27). The van der Waals surface area contributed by atoms with Crippen LogP contribution in [0.15, 0.2) is 60.8 Å². The van der Waals surface area contributed by atoms with E-state index < -0.39 is 0 Å².